The Labute approximate surface area is 83.6 Å². The number of esters is 1. The molecule has 0 aliphatic rings. The summed E-state index contributed by atoms with van der Waals surface area (Å²) in [5, 5.41) is 8.70. The van der Waals surface area contributed by atoms with Crippen LogP contribution in [-0.4, -0.2) is 17.6 Å². The SMILES string of the molecule is CCOC(=O)c1[nH]cc(Br)c1C#N. The summed E-state index contributed by atoms with van der Waals surface area (Å²) in [5.74, 6) is -0.509. The number of rotatable bonds is 2. The summed E-state index contributed by atoms with van der Waals surface area (Å²) in [7, 11) is 0. The van der Waals surface area contributed by atoms with Crippen molar-refractivity contribution in [2.45, 2.75) is 6.92 Å². The molecule has 0 radical (unpaired) electrons. The van der Waals surface area contributed by atoms with E-state index < -0.39 is 5.97 Å². The lowest BCUT2D eigenvalue weighted by Gasteiger charge is -1.98. The molecular weight excluding hydrogens is 236 g/mol. The molecule has 0 unspecified atom stereocenters. The van der Waals surface area contributed by atoms with E-state index in [-0.39, 0.29) is 11.3 Å². The maximum absolute atomic E-state index is 11.2. The first kappa shape index (κ1) is 9.81. The molecule has 4 nitrogen and oxygen atoms in total. The minimum absolute atomic E-state index is 0.191. The molecule has 1 N–H and O–H groups in total. The van der Waals surface area contributed by atoms with Gasteiger partial charge in [0.05, 0.1) is 16.6 Å². The van der Waals surface area contributed by atoms with E-state index in [1.54, 1.807) is 6.92 Å². The minimum Gasteiger partial charge on any atom is -0.461 e. The number of aromatic nitrogens is 1. The van der Waals surface area contributed by atoms with Gasteiger partial charge in [-0.25, -0.2) is 4.79 Å². The maximum Gasteiger partial charge on any atom is 0.356 e. The van der Waals surface area contributed by atoms with Crippen molar-refractivity contribution < 1.29 is 9.53 Å². The van der Waals surface area contributed by atoms with Crippen LogP contribution in [-0.2, 0) is 4.74 Å². The number of hydrogen-bond donors (Lipinski definition) is 1. The van der Waals surface area contributed by atoms with Gasteiger partial charge >= 0.3 is 5.97 Å². The van der Waals surface area contributed by atoms with E-state index in [0.29, 0.717) is 11.1 Å². The van der Waals surface area contributed by atoms with Gasteiger partial charge in [-0.15, -0.1) is 0 Å². The number of nitrogens with zero attached hydrogens (tertiary/aromatic N) is 1. The summed E-state index contributed by atoms with van der Waals surface area (Å²) in [6.45, 7) is 2.00. The Bertz CT molecular complexity index is 365. The number of hydrogen-bond acceptors (Lipinski definition) is 3. The van der Waals surface area contributed by atoms with Crippen LogP contribution in [0.15, 0.2) is 10.7 Å². The highest BCUT2D eigenvalue weighted by molar-refractivity contribution is 9.10. The summed E-state index contributed by atoms with van der Waals surface area (Å²) >= 11 is 3.14. The van der Waals surface area contributed by atoms with Crippen molar-refractivity contribution in [2.75, 3.05) is 6.61 Å². The van der Waals surface area contributed by atoms with Gasteiger partial charge in [-0.05, 0) is 22.9 Å². The van der Waals surface area contributed by atoms with Gasteiger partial charge in [-0.3, -0.25) is 0 Å². The lowest BCUT2D eigenvalue weighted by molar-refractivity contribution is 0.0520. The lowest BCUT2D eigenvalue weighted by Crippen LogP contribution is -2.06. The second kappa shape index (κ2) is 4.10. The summed E-state index contributed by atoms with van der Waals surface area (Å²) < 4.78 is 5.31. The molecule has 0 saturated carbocycles. The topological polar surface area (TPSA) is 65.9 Å². The van der Waals surface area contributed by atoms with Gasteiger partial charge in [-0.1, -0.05) is 0 Å². The largest absolute Gasteiger partial charge is 0.461 e. The fraction of sp³-hybridized carbons (Fsp3) is 0.250. The van der Waals surface area contributed by atoms with Crippen molar-refractivity contribution in [2.24, 2.45) is 0 Å². The van der Waals surface area contributed by atoms with Crippen LogP contribution in [0.4, 0.5) is 0 Å². The highest BCUT2D eigenvalue weighted by Crippen LogP contribution is 2.19. The van der Waals surface area contributed by atoms with E-state index >= 15 is 0 Å². The predicted octanol–water partition coefficient (Wildman–Crippen LogP) is 1.83. The third-order valence-electron chi connectivity index (χ3n) is 1.42. The van der Waals surface area contributed by atoms with E-state index in [9.17, 15) is 4.79 Å². The molecule has 0 atom stereocenters. The first-order valence-corrected chi connectivity index (χ1v) is 4.44. The summed E-state index contributed by atoms with van der Waals surface area (Å²) in [6.07, 6.45) is 1.53. The second-order valence-corrected chi connectivity index (χ2v) is 3.07. The van der Waals surface area contributed by atoms with Gasteiger partial charge in [0.2, 0.25) is 0 Å². The summed E-state index contributed by atoms with van der Waals surface area (Å²) in [4.78, 5) is 13.9. The normalized spacial score (nSPS) is 9.31. The smallest absolute Gasteiger partial charge is 0.356 e. The molecule has 0 aliphatic heterocycles. The number of nitriles is 1. The molecule has 0 fully saturated rings. The first-order chi connectivity index (χ1) is 6.20. The number of nitrogens with one attached hydrogen (secondary N) is 1. The molecule has 13 heavy (non-hydrogen) atoms. The van der Waals surface area contributed by atoms with E-state index in [2.05, 4.69) is 20.9 Å². The molecular formula is C8H7BrN2O2. The molecule has 0 amide bonds. The van der Waals surface area contributed by atoms with Crippen molar-refractivity contribution in [3.8, 4) is 6.07 Å². The van der Waals surface area contributed by atoms with Crippen molar-refractivity contribution >= 4 is 21.9 Å². The molecule has 0 aliphatic carbocycles. The van der Waals surface area contributed by atoms with E-state index in [1.807, 2.05) is 6.07 Å². The Kier molecular flexibility index (Phi) is 3.09. The number of carbonyl (C=O) groups is 1. The fourth-order valence-corrected chi connectivity index (χ4v) is 1.27. The molecule has 1 heterocycles. The van der Waals surface area contributed by atoms with Crippen LogP contribution < -0.4 is 0 Å². The zero-order valence-corrected chi connectivity index (χ0v) is 8.51. The zero-order valence-electron chi connectivity index (χ0n) is 6.93. The first-order valence-electron chi connectivity index (χ1n) is 3.64. The van der Waals surface area contributed by atoms with Crippen LogP contribution in [0.1, 0.15) is 23.0 Å². The van der Waals surface area contributed by atoms with E-state index in [4.69, 9.17) is 10.00 Å². The van der Waals surface area contributed by atoms with Gasteiger partial charge in [0.15, 0.2) is 0 Å². The average Bonchev–Trinajstić information content (AvgIpc) is 2.47. The molecule has 0 aromatic carbocycles. The van der Waals surface area contributed by atoms with Crippen LogP contribution >= 0.6 is 15.9 Å². The Morgan fingerprint density at radius 2 is 2.54 bits per heavy atom. The van der Waals surface area contributed by atoms with Crippen LogP contribution in [0, 0.1) is 11.3 Å². The number of halogens is 1. The predicted molar refractivity (Wildman–Crippen MR) is 49.2 cm³/mol. The summed E-state index contributed by atoms with van der Waals surface area (Å²) in [5.41, 5.74) is 0.467. The van der Waals surface area contributed by atoms with Crippen molar-refractivity contribution in [3.63, 3.8) is 0 Å². The van der Waals surface area contributed by atoms with Crippen molar-refractivity contribution in [3.05, 3.63) is 21.9 Å². The quantitative estimate of drug-likeness (QED) is 0.805. The minimum atomic E-state index is -0.509. The molecule has 5 heteroatoms. The van der Waals surface area contributed by atoms with Gasteiger partial charge < -0.3 is 9.72 Å². The highest BCUT2D eigenvalue weighted by atomic mass is 79.9. The Balaban J connectivity index is 3.02. The third-order valence-corrected chi connectivity index (χ3v) is 2.05. The van der Waals surface area contributed by atoms with E-state index in [1.165, 1.54) is 6.20 Å². The standard InChI is InChI=1S/C8H7BrN2O2/c1-2-13-8(12)7-5(3-10)6(9)4-11-7/h4,11H,2H2,1H3. The Morgan fingerprint density at radius 1 is 1.85 bits per heavy atom. The second-order valence-electron chi connectivity index (χ2n) is 2.22. The monoisotopic (exact) mass is 242 g/mol. The maximum atomic E-state index is 11.2. The van der Waals surface area contributed by atoms with Gasteiger partial charge in [0, 0.05) is 6.20 Å². The van der Waals surface area contributed by atoms with Crippen molar-refractivity contribution in [1.82, 2.24) is 4.98 Å². The molecule has 1 aromatic rings. The molecule has 0 saturated heterocycles. The van der Waals surface area contributed by atoms with Crippen LogP contribution in [0.5, 0.6) is 0 Å². The van der Waals surface area contributed by atoms with Crippen molar-refractivity contribution in [1.29, 1.82) is 5.26 Å². The fourth-order valence-electron chi connectivity index (χ4n) is 0.873. The lowest BCUT2D eigenvalue weighted by atomic mass is 10.3. The van der Waals surface area contributed by atoms with Crippen LogP contribution in [0.3, 0.4) is 0 Å². The van der Waals surface area contributed by atoms with E-state index in [0.717, 1.165) is 0 Å². The molecule has 1 rings (SSSR count). The van der Waals surface area contributed by atoms with Gasteiger partial charge in [-0.2, -0.15) is 5.26 Å². The zero-order chi connectivity index (χ0) is 9.84. The molecule has 68 valence electrons. The number of aromatic amines is 1. The van der Waals surface area contributed by atoms with Gasteiger partial charge in [0.1, 0.15) is 11.8 Å². The summed E-state index contributed by atoms with van der Waals surface area (Å²) in [6, 6.07) is 1.90. The average molecular weight is 243 g/mol. The molecule has 0 bridgehead atoms. The Hall–Kier alpha value is -1.28. The molecule has 1 aromatic heterocycles. The molecule has 0 spiro atoms. The van der Waals surface area contributed by atoms with Crippen LogP contribution in [0.25, 0.3) is 0 Å². The Morgan fingerprint density at radius 3 is 3.08 bits per heavy atom. The van der Waals surface area contributed by atoms with Gasteiger partial charge in [0.25, 0.3) is 0 Å². The van der Waals surface area contributed by atoms with Crippen LogP contribution in [0.2, 0.25) is 0 Å². The number of H-pyrrole nitrogens is 1. The number of ether oxygens (including phenoxy) is 1. The third kappa shape index (κ3) is 1.90. The number of carbonyl (C=O) groups excluding carboxylic acids is 1. The highest BCUT2D eigenvalue weighted by Gasteiger charge is 2.16.